The van der Waals surface area contributed by atoms with E-state index in [1.165, 1.54) is 0 Å². The molecule has 4 nitrogen and oxygen atoms in total. The van der Waals surface area contributed by atoms with Crippen LogP contribution in [0.2, 0.25) is 0 Å². The van der Waals surface area contributed by atoms with E-state index in [1.807, 2.05) is 0 Å². The van der Waals surface area contributed by atoms with E-state index in [0.29, 0.717) is 5.69 Å². The molecule has 0 aliphatic rings. The number of hydrogen-bond donors (Lipinski definition) is 1. The largest absolute Gasteiger partial charge is 0.363 e. The summed E-state index contributed by atoms with van der Waals surface area (Å²) in [5.41, 5.74) is 0.454. The Balaban J connectivity index is 3.08. The highest BCUT2D eigenvalue weighted by molar-refractivity contribution is 7.79. The van der Waals surface area contributed by atoms with Crippen molar-refractivity contribution < 1.29 is 13.3 Å². The number of aryl methyl sites for hydroxylation is 1. The van der Waals surface area contributed by atoms with Crippen molar-refractivity contribution >= 4 is 11.1 Å². The zero-order chi connectivity index (χ0) is 6.85. The zero-order valence-electron chi connectivity index (χ0n) is 4.70. The first-order chi connectivity index (χ1) is 4.22. The molecule has 1 heterocycles. The normalized spacial score (nSPS) is 13.6. The van der Waals surface area contributed by atoms with Gasteiger partial charge in [0.05, 0.1) is 5.69 Å². The third-order valence-electron chi connectivity index (χ3n) is 0.894. The molecule has 0 saturated carbocycles. The quantitative estimate of drug-likeness (QED) is 0.589. The molecule has 1 aromatic rings. The SMILES string of the molecule is Cc1nocc1S(=O)O. The Morgan fingerprint density at radius 3 is 2.78 bits per heavy atom. The van der Waals surface area contributed by atoms with Crippen molar-refractivity contribution in [2.45, 2.75) is 11.8 Å². The van der Waals surface area contributed by atoms with Crippen LogP contribution in [-0.2, 0) is 11.1 Å². The van der Waals surface area contributed by atoms with Gasteiger partial charge in [-0.05, 0) is 6.92 Å². The van der Waals surface area contributed by atoms with E-state index in [-0.39, 0.29) is 4.90 Å². The molecule has 1 N–H and O–H groups in total. The predicted octanol–water partition coefficient (Wildman–Crippen LogP) is 0.564. The topological polar surface area (TPSA) is 63.3 Å². The molecule has 1 rings (SSSR count). The lowest BCUT2D eigenvalue weighted by molar-refractivity contribution is 0.413. The van der Waals surface area contributed by atoms with E-state index in [2.05, 4.69) is 9.68 Å². The van der Waals surface area contributed by atoms with Crippen LogP contribution in [0.3, 0.4) is 0 Å². The lowest BCUT2D eigenvalue weighted by atomic mass is 10.5. The molecule has 0 fully saturated rings. The first-order valence-electron chi connectivity index (χ1n) is 2.23. The number of aromatic nitrogens is 1. The minimum atomic E-state index is -1.97. The van der Waals surface area contributed by atoms with Gasteiger partial charge in [0.2, 0.25) is 0 Å². The summed E-state index contributed by atoms with van der Waals surface area (Å²) >= 11 is -1.97. The Morgan fingerprint density at radius 1 is 1.89 bits per heavy atom. The molecule has 0 amide bonds. The summed E-state index contributed by atoms with van der Waals surface area (Å²) in [4.78, 5) is 0.231. The summed E-state index contributed by atoms with van der Waals surface area (Å²) < 4.78 is 23.2. The number of hydrogen-bond acceptors (Lipinski definition) is 3. The molecule has 1 atom stereocenters. The molecule has 0 aliphatic heterocycles. The Morgan fingerprint density at radius 2 is 2.56 bits per heavy atom. The van der Waals surface area contributed by atoms with Crippen LogP contribution in [0.25, 0.3) is 0 Å². The molecule has 1 unspecified atom stereocenters. The van der Waals surface area contributed by atoms with Crippen LogP contribution in [0.4, 0.5) is 0 Å². The number of nitrogens with zero attached hydrogens (tertiary/aromatic N) is 1. The fourth-order valence-electron chi connectivity index (χ4n) is 0.451. The van der Waals surface area contributed by atoms with Crippen LogP contribution < -0.4 is 0 Å². The molecule has 5 heteroatoms. The monoisotopic (exact) mass is 147 g/mol. The maximum atomic E-state index is 10.3. The van der Waals surface area contributed by atoms with E-state index in [4.69, 9.17) is 4.55 Å². The van der Waals surface area contributed by atoms with Gasteiger partial charge < -0.3 is 9.08 Å². The zero-order valence-corrected chi connectivity index (χ0v) is 5.51. The Hall–Kier alpha value is -0.680. The summed E-state index contributed by atoms with van der Waals surface area (Å²) in [6.45, 7) is 1.60. The average Bonchev–Trinajstić information content (AvgIpc) is 2.13. The second-order valence-electron chi connectivity index (χ2n) is 1.51. The van der Waals surface area contributed by atoms with Gasteiger partial charge in [0.25, 0.3) is 0 Å². The highest BCUT2D eigenvalue weighted by Gasteiger charge is 2.06. The standard InChI is InChI=1S/C4H5NO3S/c1-3-4(9(6)7)2-8-5-3/h2H,1H3,(H,6,7). The van der Waals surface area contributed by atoms with Crippen molar-refractivity contribution in [2.24, 2.45) is 0 Å². The van der Waals surface area contributed by atoms with E-state index in [9.17, 15) is 4.21 Å². The van der Waals surface area contributed by atoms with Gasteiger partial charge in [-0.25, -0.2) is 4.21 Å². The Bertz CT molecular complexity index is 231. The first kappa shape index (κ1) is 6.44. The van der Waals surface area contributed by atoms with Crippen LogP contribution in [0.1, 0.15) is 5.69 Å². The Kier molecular flexibility index (Phi) is 1.63. The average molecular weight is 147 g/mol. The van der Waals surface area contributed by atoms with E-state index >= 15 is 0 Å². The van der Waals surface area contributed by atoms with E-state index in [0.717, 1.165) is 6.26 Å². The van der Waals surface area contributed by atoms with Crippen LogP contribution in [-0.4, -0.2) is 13.9 Å². The summed E-state index contributed by atoms with van der Waals surface area (Å²) in [7, 11) is 0. The fraction of sp³-hybridized carbons (Fsp3) is 0.250. The molecule has 0 bridgehead atoms. The van der Waals surface area contributed by atoms with Gasteiger partial charge in [0.15, 0.2) is 11.1 Å². The molecule has 0 aliphatic carbocycles. The molecule has 50 valence electrons. The third-order valence-corrected chi connectivity index (χ3v) is 1.66. The van der Waals surface area contributed by atoms with Crippen molar-refractivity contribution in [1.82, 2.24) is 5.16 Å². The summed E-state index contributed by atoms with van der Waals surface area (Å²) in [5, 5.41) is 3.41. The van der Waals surface area contributed by atoms with E-state index in [1.54, 1.807) is 6.92 Å². The second kappa shape index (κ2) is 2.28. The molecular formula is C4H5NO3S. The van der Waals surface area contributed by atoms with Crippen molar-refractivity contribution in [3.8, 4) is 0 Å². The molecular weight excluding hydrogens is 142 g/mol. The third kappa shape index (κ3) is 1.17. The molecule has 0 saturated heterocycles. The van der Waals surface area contributed by atoms with Gasteiger partial charge in [0, 0.05) is 0 Å². The van der Waals surface area contributed by atoms with Gasteiger partial charge in [-0.2, -0.15) is 0 Å². The van der Waals surface area contributed by atoms with Crippen molar-refractivity contribution in [3.63, 3.8) is 0 Å². The smallest absolute Gasteiger partial charge is 0.191 e. The lowest BCUT2D eigenvalue weighted by Crippen LogP contribution is -1.87. The van der Waals surface area contributed by atoms with Gasteiger partial charge in [0.1, 0.15) is 11.2 Å². The van der Waals surface area contributed by atoms with Crippen LogP contribution in [0, 0.1) is 6.92 Å². The van der Waals surface area contributed by atoms with Gasteiger partial charge >= 0.3 is 0 Å². The van der Waals surface area contributed by atoms with Gasteiger partial charge in [-0.3, -0.25) is 0 Å². The van der Waals surface area contributed by atoms with Crippen molar-refractivity contribution in [2.75, 3.05) is 0 Å². The minimum absolute atomic E-state index is 0.231. The summed E-state index contributed by atoms with van der Waals surface area (Å²) in [6.07, 6.45) is 1.16. The minimum Gasteiger partial charge on any atom is -0.363 e. The van der Waals surface area contributed by atoms with Crippen molar-refractivity contribution in [3.05, 3.63) is 12.0 Å². The summed E-state index contributed by atoms with van der Waals surface area (Å²) in [5.74, 6) is 0. The lowest BCUT2D eigenvalue weighted by Gasteiger charge is -1.83. The Labute approximate surface area is 54.1 Å². The predicted molar refractivity (Wildman–Crippen MR) is 30.3 cm³/mol. The van der Waals surface area contributed by atoms with Gasteiger partial charge in [-0.1, -0.05) is 5.16 Å². The molecule has 0 spiro atoms. The molecule has 0 radical (unpaired) electrons. The van der Waals surface area contributed by atoms with E-state index < -0.39 is 11.1 Å². The highest BCUT2D eigenvalue weighted by atomic mass is 32.2. The van der Waals surface area contributed by atoms with Crippen LogP contribution in [0.15, 0.2) is 15.7 Å². The van der Waals surface area contributed by atoms with Crippen LogP contribution >= 0.6 is 0 Å². The van der Waals surface area contributed by atoms with Crippen LogP contribution in [0.5, 0.6) is 0 Å². The molecule has 0 aromatic carbocycles. The molecule has 1 aromatic heterocycles. The highest BCUT2D eigenvalue weighted by Crippen LogP contribution is 2.07. The first-order valence-corrected chi connectivity index (χ1v) is 3.34. The van der Waals surface area contributed by atoms with Crippen molar-refractivity contribution in [1.29, 1.82) is 0 Å². The van der Waals surface area contributed by atoms with Gasteiger partial charge in [-0.15, -0.1) is 0 Å². The second-order valence-corrected chi connectivity index (χ2v) is 2.45. The summed E-state index contributed by atoms with van der Waals surface area (Å²) in [6, 6.07) is 0. The number of rotatable bonds is 1. The maximum Gasteiger partial charge on any atom is 0.191 e. The fourth-order valence-corrected chi connectivity index (χ4v) is 0.866. The molecule has 9 heavy (non-hydrogen) atoms. The maximum absolute atomic E-state index is 10.3.